The Kier molecular flexibility index (Phi) is 37.0. The number of aliphatic hydroxyl groups excluding tert-OH is 11. The maximum Gasteiger partial charge on any atom is 0.220 e. The molecule has 0 radical (unpaired) electrons. The van der Waals surface area contributed by atoms with E-state index in [4.69, 9.17) is 28.4 Å². The first-order valence-electron chi connectivity index (χ1n) is 29.0. The molecule has 0 bridgehead atoms. The van der Waals surface area contributed by atoms with E-state index in [1.54, 1.807) is 0 Å². The van der Waals surface area contributed by atoms with Crippen molar-refractivity contribution in [3.8, 4) is 0 Å². The number of unbranched alkanes of at least 4 members (excludes halogenated alkanes) is 15. The molecule has 17 unspecified atom stereocenters. The number of allylic oxidation sites excluding steroid dienone is 10. The Morgan fingerprint density at radius 1 is 0.481 bits per heavy atom. The largest absolute Gasteiger partial charge is 0.394 e. The predicted octanol–water partition coefficient (Wildman–Crippen LogP) is 4.48. The summed E-state index contributed by atoms with van der Waals surface area (Å²) in [4.78, 5) is 13.3. The van der Waals surface area contributed by atoms with Crippen LogP contribution in [0.1, 0.15) is 168 Å². The molecule has 12 N–H and O–H groups in total. The van der Waals surface area contributed by atoms with Crippen LogP contribution in [-0.2, 0) is 33.2 Å². The molecule has 3 aliphatic heterocycles. The predicted molar refractivity (Wildman–Crippen MR) is 291 cm³/mol. The first-order valence-corrected chi connectivity index (χ1v) is 29.0. The minimum absolute atomic E-state index is 0.241. The van der Waals surface area contributed by atoms with E-state index in [-0.39, 0.29) is 18.9 Å². The third kappa shape index (κ3) is 25.9. The van der Waals surface area contributed by atoms with Crippen molar-refractivity contribution in [1.29, 1.82) is 0 Å². The molecule has 17 atom stereocenters. The van der Waals surface area contributed by atoms with Crippen LogP contribution in [0.15, 0.2) is 60.8 Å². The highest BCUT2D eigenvalue weighted by atomic mass is 16.8. The van der Waals surface area contributed by atoms with E-state index < -0.39 is 124 Å². The average molecular weight is 1100 g/mol. The van der Waals surface area contributed by atoms with E-state index in [9.17, 15) is 61.0 Å². The fraction of sp³-hybridized carbons (Fsp3) is 0.810. The van der Waals surface area contributed by atoms with Gasteiger partial charge in [0.25, 0.3) is 0 Å². The van der Waals surface area contributed by atoms with Crippen LogP contribution < -0.4 is 5.32 Å². The summed E-state index contributed by atoms with van der Waals surface area (Å²) >= 11 is 0. The highest BCUT2D eigenvalue weighted by Gasteiger charge is 2.53. The molecule has 19 nitrogen and oxygen atoms in total. The standard InChI is InChI=1S/C58H101NO18/c1-3-5-7-9-11-13-15-16-17-18-19-20-21-22-23-24-26-28-30-32-34-36-46(64)59-41(42(63)35-33-31-29-27-25-14-12-10-8-6-4-2)40-72-56-52(70)49(67)54(44(38-61)74-56)77-58-53(71)50(68)55(45(39-62)75-58)76-57-51(69)48(66)47(65)43(37-60)73-57/h5,7,11,13,16-17,19-20,22-23,41-45,47-58,60-63,65-71H,3-4,6,8-10,12,14-15,18,21,24-40H2,1-2H3,(H,59,64)/b7-5-,13-11-,17-16-,20-19-,23-22-. The number of aliphatic hydroxyl groups is 11. The number of carbonyl (C=O) groups is 1. The first-order chi connectivity index (χ1) is 37.3. The van der Waals surface area contributed by atoms with Crippen LogP contribution >= 0.6 is 0 Å². The average Bonchev–Trinajstić information content (AvgIpc) is 3.44. The van der Waals surface area contributed by atoms with Crippen LogP contribution in [-0.4, -0.2) is 193 Å². The number of hydrogen-bond acceptors (Lipinski definition) is 18. The van der Waals surface area contributed by atoms with Crippen molar-refractivity contribution in [2.45, 2.75) is 272 Å². The second-order valence-electron chi connectivity index (χ2n) is 20.7. The second kappa shape index (κ2) is 41.5. The molecule has 446 valence electrons. The minimum Gasteiger partial charge on any atom is -0.394 e. The second-order valence-corrected chi connectivity index (χ2v) is 20.7. The van der Waals surface area contributed by atoms with Gasteiger partial charge in [-0.2, -0.15) is 0 Å². The van der Waals surface area contributed by atoms with E-state index >= 15 is 0 Å². The van der Waals surface area contributed by atoms with Gasteiger partial charge in [-0.15, -0.1) is 0 Å². The van der Waals surface area contributed by atoms with Crippen molar-refractivity contribution in [1.82, 2.24) is 5.32 Å². The van der Waals surface area contributed by atoms with Crippen molar-refractivity contribution in [3.63, 3.8) is 0 Å². The maximum atomic E-state index is 13.3. The molecule has 3 aliphatic rings. The van der Waals surface area contributed by atoms with E-state index in [1.165, 1.54) is 44.9 Å². The lowest BCUT2D eigenvalue weighted by Gasteiger charge is -2.48. The number of carbonyl (C=O) groups excluding carboxylic acids is 1. The smallest absolute Gasteiger partial charge is 0.220 e. The molecule has 3 saturated heterocycles. The van der Waals surface area contributed by atoms with Gasteiger partial charge >= 0.3 is 0 Å². The van der Waals surface area contributed by atoms with Gasteiger partial charge in [0.15, 0.2) is 18.9 Å². The monoisotopic (exact) mass is 1100 g/mol. The lowest BCUT2D eigenvalue weighted by Crippen LogP contribution is -2.66. The molecule has 0 saturated carbocycles. The zero-order valence-corrected chi connectivity index (χ0v) is 46.2. The van der Waals surface area contributed by atoms with Gasteiger partial charge in [-0.05, 0) is 57.8 Å². The number of ether oxygens (including phenoxy) is 6. The van der Waals surface area contributed by atoms with Crippen molar-refractivity contribution >= 4 is 5.91 Å². The molecule has 3 fully saturated rings. The van der Waals surface area contributed by atoms with Crippen LogP contribution in [0.2, 0.25) is 0 Å². The third-order valence-corrected chi connectivity index (χ3v) is 14.4. The van der Waals surface area contributed by atoms with Crippen molar-refractivity contribution in [3.05, 3.63) is 60.8 Å². The van der Waals surface area contributed by atoms with Crippen LogP contribution in [0.3, 0.4) is 0 Å². The van der Waals surface area contributed by atoms with Gasteiger partial charge in [-0.3, -0.25) is 4.79 Å². The fourth-order valence-electron chi connectivity index (χ4n) is 9.57. The zero-order valence-electron chi connectivity index (χ0n) is 46.2. The lowest BCUT2D eigenvalue weighted by molar-refractivity contribution is -0.379. The molecule has 77 heavy (non-hydrogen) atoms. The minimum atomic E-state index is -1.98. The first kappa shape index (κ1) is 68.8. The third-order valence-electron chi connectivity index (χ3n) is 14.4. The molecule has 1 amide bonds. The molecular weight excluding hydrogens is 999 g/mol. The molecule has 19 heteroatoms. The lowest BCUT2D eigenvalue weighted by atomic mass is 9.96. The molecule has 0 spiro atoms. The number of nitrogens with one attached hydrogen (secondary N) is 1. The molecule has 0 aromatic carbocycles. The van der Waals surface area contributed by atoms with Gasteiger partial charge in [0, 0.05) is 6.42 Å². The zero-order chi connectivity index (χ0) is 56.2. The molecular formula is C58H101NO18. The Morgan fingerprint density at radius 2 is 0.896 bits per heavy atom. The summed E-state index contributed by atoms with van der Waals surface area (Å²) in [5.74, 6) is -0.266. The summed E-state index contributed by atoms with van der Waals surface area (Å²) in [5.41, 5.74) is 0. The van der Waals surface area contributed by atoms with E-state index in [0.29, 0.717) is 12.8 Å². The van der Waals surface area contributed by atoms with Gasteiger partial charge in [-0.1, -0.05) is 164 Å². The summed E-state index contributed by atoms with van der Waals surface area (Å²) in [6, 6.07) is -0.899. The van der Waals surface area contributed by atoms with Gasteiger partial charge < -0.3 is 89.9 Å². The molecule has 0 aromatic rings. The molecule has 0 aliphatic carbocycles. The number of amides is 1. The summed E-state index contributed by atoms with van der Waals surface area (Å²) in [6.07, 6.45) is 18.8. The van der Waals surface area contributed by atoms with Gasteiger partial charge in [0.2, 0.25) is 5.91 Å². The van der Waals surface area contributed by atoms with Crippen LogP contribution in [0, 0.1) is 0 Å². The van der Waals surface area contributed by atoms with Crippen molar-refractivity contribution in [2.75, 3.05) is 26.4 Å². The van der Waals surface area contributed by atoms with Crippen molar-refractivity contribution < 1.29 is 89.4 Å². The maximum absolute atomic E-state index is 13.3. The fourth-order valence-corrected chi connectivity index (χ4v) is 9.57. The van der Waals surface area contributed by atoms with Crippen LogP contribution in [0.5, 0.6) is 0 Å². The summed E-state index contributed by atoms with van der Waals surface area (Å²) in [5, 5.41) is 120. The quantitative estimate of drug-likeness (QED) is 0.0297. The van der Waals surface area contributed by atoms with Gasteiger partial charge in [0.05, 0.1) is 38.6 Å². The Labute approximate surface area is 458 Å². The molecule has 0 aromatic heterocycles. The van der Waals surface area contributed by atoms with Gasteiger partial charge in [0.1, 0.15) is 73.2 Å². The summed E-state index contributed by atoms with van der Waals surface area (Å²) in [6.45, 7) is 1.62. The Bertz CT molecular complexity index is 1650. The van der Waals surface area contributed by atoms with Gasteiger partial charge in [-0.25, -0.2) is 0 Å². The number of hydrogen-bond donors (Lipinski definition) is 12. The summed E-state index contributed by atoms with van der Waals surface area (Å²) in [7, 11) is 0. The summed E-state index contributed by atoms with van der Waals surface area (Å²) < 4.78 is 34.2. The van der Waals surface area contributed by atoms with E-state index in [2.05, 4.69) is 79.9 Å². The highest BCUT2D eigenvalue weighted by Crippen LogP contribution is 2.33. The number of rotatable bonds is 41. The normalized spacial score (nSPS) is 31.2. The van der Waals surface area contributed by atoms with E-state index in [1.807, 2.05) is 0 Å². The SMILES string of the molecule is CC/C=C\C/C=C\C/C=C\C/C=C\C/C=C\CCCCCCCC(=O)NC(COC1OC(CO)C(OC2OC(CO)C(OC3OC(CO)C(O)C(O)C3O)C(O)C2O)C(O)C1O)C(O)CCCCCCCCCCCCC. The van der Waals surface area contributed by atoms with Crippen LogP contribution in [0.25, 0.3) is 0 Å². The molecule has 3 heterocycles. The van der Waals surface area contributed by atoms with E-state index in [0.717, 1.165) is 89.9 Å². The highest BCUT2D eigenvalue weighted by molar-refractivity contribution is 5.76. The Morgan fingerprint density at radius 3 is 1.40 bits per heavy atom. The Hall–Kier alpha value is -2.51. The molecule has 3 rings (SSSR count). The Balaban J connectivity index is 1.49. The topological polar surface area (TPSA) is 307 Å². The van der Waals surface area contributed by atoms with Crippen molar-refractivity contribution in [2.24, 2.45) is 0 Å². The van der Waals surface area contributed by atoms with Crippen LogP contribution in [0.4, 0.5) is 0 Å².